The molecule has 398 valence electrons. The minimum atomic E-state index is -0.798. The zero-order chi connectivity index (χ0) is 50.0. The minimum Gasteiger partial charge on any atom is -0.462 e. The Labute approximate surface area is 427 Å². The van der Waals surface area contributed by atoms with Crippen LogP contribution in [0.4, 0.5) is 0 Å². The van der Waals surface area contributed by atoms with Gasteiger partial charge < -0.3 is 14.2 Å². The second kappa shape index (κ2) is 57.4. The maximum atomic E-state index is 12.9. The van der Waals surface area contributed by atoms with E-state index in [-0.39, 0.29) is 31.1 Å². The Morgan fingerprint density at radius 3 is 0.928 bits per heavy atom. The first kappa shape index (κ1) is 65.8. The summed E-state index contributed by atoms with van der Waals surface area (Å²) in [5.41, 5.74) is 0. The number of allylic oxidation sites excluding steroid dienone is 12. The molecular weight excluding hydrogens is 853 g/mol. The molecule has 6 nitrogen and oxygen atoms in total. The van der Waals surface area contributed by atoms with Crippen LogP contribution in [0.2, 0.25) is 0 Å². The van der Waals surface area contributed by atoms with Gasteiger partial charge in [0, 0.05) is 19.3 Å². The summed E-state index contributed by atoms with van der Waals surface area (Å²) in [5, 5.41) is 0. The normalized spacial score (nSPS) is 12.6. The Balaban J connectivity index is 4.46. The van der Waals surface area contributed by atoms with E-state index in [9.17, 15) is 14.4 Å². The van der Waals surface area contributed by atoms with Crippen LogP contribution >= 0.6 is 0 Å². The summed E-state index contributed by atoms with van der Waals surface area (Å²) in [4.78, 5) is 38.2. The molecule has 1 atom stereocenters. The minimum absolute atomic E-state index is 0.0948. The summed E-state index contributed by atoms with van der Waals surface area (Å²) in [7, 11) is 0. The largest absolute Gasteiger partial charge is 0.462 e. The molecule has 0 aromatic heterocycles. The summed E-state index contributed by atoms with van der Waals surface area (Å²) >= 11 is 0. The molecule has 0 aromatic rings. The third kappa shape index (κ3) is 55.6. The van der Waals surface area contributed by atoms with Gasteiger partial charge in [-0.15, -0.1) is 0 Å². The lowest BCUT2D eigenvalue weighted by Crippen LogP contribution is -2.30. The third-order valence-electron chi connectivity index (χ3n) is 12.7. The molecule has 6 heteroatoms. The van der Waals surface area contributed by atoms with Crippen molar-refractivity contribution >= 4 is 17.9 Å². The van der Waals surface area contributed by atoms with Crippen molar-refractivity contribution < 1.29 is 28.6 Å². The van der Waals surface area contributed by atoms with Crippen LogP contribution in [0.25, 0.3) is 0 Å². The van der Waals surface area contributed by atoms with E-state index in [1.807, 2.05) is 0 Å². The number of carbonyl (C=O) groups excluding carboxylic acids is 3. The van der Waals surface area contributed by atoms with E-state index in [0.29, 0.717) is 19.3 Å². The maximum absolute atomic E-state index is 12.9. The zero-order valence-corrected chi connectivity index (χ0v) is 45.6. The van der Waals surface area contributed by atoms with Gasteiger partial charge in [0.2, 0.25) is 0 Å². The fourth-order valence-electron chi connectivity index (χ4n) is 8.22. The molecular formula is C63H110O6. The first-order chi connectivity index (χ1) is 34.0. The molecule has 0 saturated heterocycles. The number of esters is 3. The van der Waals surface area contributed by atoms with Crippen LogP contribution in [0.15, 0.2) is 72.9 Å². The van der Waals surface area contributed by atoms with Crippen molar-refractivity contribution in [2.75, 3.05) is 13.2 Å². The number of unbranched alkanes of at least 4 members (excludes halogenated alkanes) is 32. The van der Waals surface area contributed by atoms with Gasteiger partial charge in [0.25, 0.3) is 0 Å². The van der Waals surface area contributed by atoms with E-state index in [0.717, 1.165) is 103 Å². The SMILES string of the molecule is CCCCC/C=C\C/C=C\CCCCCCCCCC(=O)OC(COC(=O)CCCCC/C=C\C=C/CCCCCCCCC)COC(=O)CCCCCCC/C=C\C=C/CCCCCCCCC. The van der Waals surface area contributed by atoms with Crippen LogP contribution in [0.3, 0.4) is 0 Å². The van der Waals surface area contributed by atoms with E-state index < -0.39 is 6.10 Å². The second-order valence-corrected chi connectivity index (χ2v) is 19.6. The highest BCUT2D eigenvalue weighted by atomic mass is 16.6. The van der Waals surface area contributed by atoms with E-state index in [1.54, 1.807) is 0 Å². The van der Waals surface area contributed by atoms with Crippen LogP contribution in [0.5, 0.6) is 0 Å². The van der Waals surface area contributed by atoms with Crippen molar-refractivity contribution in [3.63, 3.8) is 0 Å². The molecule has 0 aliphatic rings. The molecule has 0 bridgehead atoms. The molecule has 0 heterocycles. The highest BCUT2D eigenvalue weighted by Crippen LogP contribution is 2.15. The average Bonchev–Trinajstić information content (AvgIpc) is 3.35. The molecule has 0 spiro atoms. The Bertz CT molecular complexity index is 1290. The van der Waals surface area contributed by atoms with Gasteiger partial charge in [-0.3, -0.25) is 14.4 Å². The predicted octanol–water partition coefficient (Wildman–Crippen LogP) is 19.8. The number of carbonyl (C=O) groups is 3. The molecule has 0 N–H and O–H groups in total. The molecule has 0 aromatic carbocycles. The molecule has 0 fully saturated rings. The fraction of sp³-hybridized carbons (Fsp3) is 0.762. The molecule has 0 radical (unpaired) electrons. The highest BCUT2D eigenvalue weighted by Gasteiger charge is 2.19. The topological polar surface area (TPSA) is 78.9 Å². The lowest BCUT2D eigenvalue weighted by atomic mass is 10.1. The zero-order valence-electron chi connectivity index (χ0n) is 45.6. The molecule has 0 amide bonds. The van der Waals surface area contributed by atoms with Crippen LogP contribution in [0, 0.1) is 0 Å². The number of ether oxygens (including phenoxy) is 3. The first-order valence-corrected chi connectivity index (χ1v) is 29.5. The quantitative estimate of drug-likeness (QED) is 0.0199. The van der Waals surface area contributed by atoms with Crippen LogP contribution in [-0.2, 0) is 28.6 Å². The second-order valence-electron chi connectivity index (χ2n) is 19.6. The van der Waals surface area contributed by atoms with Gasteiger partial charge in [0.1, 0.15) is 13.2 Å². The Morgan fingerprint density at radius 1 is 0.304 bits per heavy atom. The monoisotopic (exact) mass is 963 g/mol. The van der Waals surface area contributed by atoms with Crippen molar-refractivity contribution in [2.45, 2.75) is 297 Å². The van der Waals surface area contributed by atoms with Gasteiger partial charge >= 0.3 is 17.9 Å². The van der Waals surface area contributed by atoms with Crippen LogP contribution < -0.4 is 0 Å². The summed E-state index contributed by atoms with van der Waals surface area (Å²) in [6, 6.07) is 0. The summed E-state index contributed by atoms with van der Waals surface area (Å²) in [6.07, 6.45) is 73.2. The number of rotatable bonds is 53. The van der Waals surface area contributed by atoms with Crippen LogP contribution in [0.1, 0.15) is 290 Å². The molecule has 1 unspecified atom stereocenters. The van der Waals surface area contributed by atoms with Gasteiger partial charge in [-0.05, 0) is 103 Å². The third-order valence-corrected chi connectivity index (χ3v) is 12.7. The van der Waals surface area contributed by atoms with Crippen molar-refractivity contribution in [3.8, 4) is 0 Å². The summed E-state index contributed by atoms with van der Waals surface area (Å²) < 4.78 is 16.8. The Hall–Kier alpha value is -3.15. The summed E-state index contributed by atoms with van der Waals surface area (Å²) in [6.45, 7) is 6.58. The first-order valence-electron chi connectivity index (χ1n) is 29.5. The van der Waals surface area contributed by atoms with E-state index in [2.05, 4.69) is 93.7 Å². The van der Waals surface area contributed by atoms with E-state index in [4.69, 9.17) is 14.2 Å². The van der Waals surface area contributed by atoms with Gasteiger partial charge in [0.15, 0.2) is 6.10 Å². The Kier molecular flexibility index (Phi) is 54.8. The number of hydrogen-bond acceptors (Lipinski definition) is 6. The molecule has 69 heavy (non-hydrogen) atoms. The fourth-order valence-corrected chi connectivity index (χ4v) is 8.22. The van der Waals surface area contributed by atoms with E-state index >= 15 is 0 Å². The lowest BCUT2D eigenvalue weighted by Gasteiger charge is -2.18. The van der Waals surface area contributed by atoms with Crippen LogP contribution in [-0.4, -0.2) is 37.2 Å². The molecule has 0 aliphatic heterocycles. The standard InChI is InChI=1S/C63H110O6/c1-4-7-10-13-16-19-22-25-28-31-33-35-38-41-44-47-50-53-56-62(65)68-59-60(58-67-61(64)55-52-49-46-43-40-37-34-30-27-24-21-18-15-12-9-6-3)69-63(66)57-54-51-48-45-42-39-36-32-29-26-23-20-17-14-11-8-5-2/h17,20,26,28-31,33-35,37,40,60H,4-16,18-19,21-25,27,32,36,38-39,41-59H2,1-3H3/b20-17-,29-26-,31-28-,34-30-,35-33-,40-37-. The molecule has 0 saturated carbocycles. The van der Waals surface area contributed by atoms with Gasteiger partial charge in [-0.2, -0.15) is 0 Å². The van der Waals surface area contributed by atoms with E-state index in [1.165, 1.54) is 148 Å². The van der Waals surface area contributed by atoms with Gasteiger partial charge in [-0.1, -0.05) is 241 Å². The predicted molar refractivity (Wildman–Crippen MR) is 298 cm³/mol. The molecule has 0 aliphatic carbocycles. The van der Waals surface area contributed by atoms with Crippen molar-refractivity contribution in [1.29, 1.82) is 0 Å². The lowest BCUT2D eigenvalue weighted by molar-refractivity contribution is -0.167. The smallest absolute Gasteiger partial charge is 0.306 e. The number of hydrogen-bond donors (Lipinski definition) is 0. The molecule has 0 rings (SSSR count). The average molecular weight is 964 g/mol. The maximum Gasteiger partial charge on any atom is 0.306 e. The summed E-state index contributed by atoms with van der Waals surface area (Å²) in [5.74, 6) is -0.935. The van der Waals surface area contributed by atoms with Crippen molar-refractivity contribution in [3.05, 3.63) is 72.9 Å². The van der Waals surface area contributed by atoms with Crippen molar-refractivity contribution in [1.82, 2.24) is 0 Å². The Morgan fingerprint density at radius 2 is 0.565 bits per heavy atom. The van der Waals surface area contributed by atoms with Gasteiger partial charge in [0.05, 0.1) is 0 Å². The van der Waals surface area contributed by atoms with Gasteiger partial charge in [-0.25, -0.2) is 0 Å². The highest BCUT2D eigenvalue weighted by molar-refractivity contribution is 5.71. The van der Waals surface area contributed by atoms with Crippen molar-refractivity contribution in [2.24, 2.45) is 0 Å².